The number of nitrogens with zero attached hydrogens (tertiary/aromatic N) is 1. The fraction of sp³-hybridized carbons (Fsp3) is 0.182. The second-order valence-electron chi connectivity index (χ2n) is 3.25. The first kappa shape index (κ1) is 13.9. The molecule has 0 unspecified atom stereocenters. The smallest absolute Gasteiger partial charge is 0.305 e. The molecule has 7 heteroatoms. The van der Waals surface area contributed by atoms with Gasteiger partial charge in [-0.25, -0.2) is 9.18 Å². The Morgan fingerprint density at radius 2 is 2.17 bits per heavy atom. The molecule has 0 fully saturated rings. The van der Waals surface area contributed by atoms with E-state index in [9.17, 15) is 14.0 Å². The zero-order chi connectivity index (χ0) is 13.5. The van der Waals surface area contributed by atoms with Gasteiger partial charge in [0.05, 0.1) is 17.3 Å². The van der Waals surface area contributed by atoms with Gasteiger partial charge in [0, 0.05) is 12.3 Å². The average Bonchev–Trinajstić information content (AvgIpc) is 2.31. The fourth-order valence-electron chi connectivity index (χ4n) is 1.11. The number of urea groups is 1. The van der Waals surface area contributed by atoms with Crippen LogP contribution in [0, 0.1) is 17.1 Å². The van der Waals surface area contributed by atoms with Gasteiger partial charge in [-0.2, -0.15) is 5.26 Å². The maximum atomic E-state index is 13.4. The molecule has 0 aliphatic carbocycles. The van der Waals surface area contributed by atoms with E-state index in [1.165, 1.54) is 12.1 Å². The number of benzene rings is 1. The van der Waals surface area contributed by atoms with Crippen molar-refractivity contribution in [3.05, 3.63) is 29.6 Å². The van der Waals surface area contributed by atoms with E-state index < -0.39 is 17.8 Å². The number of carbonyl (C=O) groups is 2. The number of amides is 3. The van der Waals surface area contributed by atoms with Crippen molar-refractivity contribution in [1.29, 1.82) is 5.26 Å². The first-order valence-electron chi connectivity index (χ1n) is 4.93. The molecule has 0 atom stereocenters. The van der Waals surface area contributed by atoms with Crippen molar-refractivity contribution in [2.75, 3.05) is 11.2 Å². The summed E-state index contributed by atoms with van der Waals surface area (Å²) in [6.45, 7) is 0. The van der Waals surface area contributed by atoms with E-state index in [0.717, 1.165) is 6.07 Å². The van der Waals surface area contributed by atoms with Crippen LogP contribution in [0.2, 0.25) is 0 Å². The van der Waals surface area contributed by atoms with Crippen LogP contribution in [0.25, 0.3) is 0 Å². The standard InChI is InChI=1S/C11H9ClFN3O2/c12-4-3-10(17)16-11(18)15-9-2-1-7(6-14)5-8(9)13/h1-2,5H,3-4H2,(H2,15,16,17,18). The molecule has 1 aromatic carbocycles. The second-order valence-corrected chi connectivity index (χ2v) is 3.63. The lowest BCUT2D eigenvalue weighted by Crippen LogP contribution is -2.34. The number of nitrogens with one attached hydrogen (secondary N) is 2. The van der Waals surface area contributed by atoms with E-state index in [2.05, 4.69) is 5.32 Å². The zero-order valence-electron chi connectivity index (χ0n) is 9.17. The van der Waals surface area contributed by atoms with Gasteiger partial charge in [0.1, 0.15) is 5.82 Å². The zero-order valence-corrected chi connectivity index (χ0v) is 9.92. The Labute approximate surface area is 108 Å². The molecular weight excluding hydrogens is 261 g/mol. The summed E-state index contributed by atoms with van der Waals surface area (Å²) in [5.41, 5.74) is 0.0156. The summed E-state index contributed by atoms with van der Waals surface area (Å²) in [7, 11) is 0. The van der Waals surface area contributed by atoms with Gasteiger partial charge in [-0.15, -0.1) is 11.6 Å². The van der Waals surface area contributed by atoms with Gasteiger partial charge in [0.25, 0.3) is 0 Å². The van der Waals surface area contributed by atoms with Crippen molar-refractivity contribution >= 4 is 29.2 Å². The number of rotatable bonds is 3. The summed E-state index contributed by atoms with van der Waals surface area (Å²) in [5, 5.41) is 12.7. The van der Waals surface area contributed by atoms with Gasteiger partial charge in [-0.05, 0) is 18.2 Å². The minimum absolute atomic E-state index is 0.00910. The maximum Gasteiger partial charge on any atom is 0.325 e. The number of alkyl halides is 1. The number of hydrogen-bond donors (Lipinski definition) is 2. The largest absolute Gasteiger partial charge is 0.325 e. The molecule has 0 radical (unpaired) electrons. The summed E-state index contributed by atoms with van der Waals surface area (Å²) in [5.74, 6) is -1.23. The predicted molar refractivity (Wildman–Crippen MR) is 63.6 cm³/mol. The van der Waals surface area contributed by atoms with Crippen molar-refractivity contribution in [2.24, 2.45) is 0 Å². The first-order chi connectivity index (χ1) is 8.56. The van der Waals surface area contributed by atoms with Crippen LogP contribution in [0.4, 0.5) is 14.9 Å². The van der Waals surface area contributed by atoms with E-state index in [4.69, 9.17) is 16.9 Å². The van der Waals surface area contributed by atoms with Crippen LogP contribution >= 0.6 is 11.6 Å². The van der Waals surface area contributed by atoms with Crippen LogP contribution in [-0.2, 0) is 4.79 Å². The van der Waals surface area contributed by atoms with Crippen LogP contribution in [-0.4, -0.2) is 17.8 Å². The van der Waals surface area contributed by atoms with E-state index >= 15 is 0 Å². The fourth-order valence-corrected chi connectivity index (χ4v) is 1.29. The Morgan fingerprint density at radius 1 is 1.44 bits per heavy atom. The number of hydrogen-bond acceptors (Lipinski definition) is 3. The van der Waals surface area contributed by atoms with Crippen LogP contribution < -0.4 is 10.6 Å². The van der Waals surface area contributed by atoms with Gasteiger partial charge in [0.15, 0.2) is 0 Å². The molecule has 1 aromatic rings. The normalized spacial score (nSPS) is 9.39. The average molecular weight is 270 g/mol. The Hall–Kier alpha value is -2.13. The van der Waals surface area contributed by atoms with Gasteiger partial charge >= 0.3 is 6.03 Å². The number of nitriles is 1. The van der Waals surface area contributed by atoms with E-state index in [-0.39, 0.29) is 23.6 Å². The summed E-state index contributed by atoms with van der Waals surface area (Å²) in [6, 6.07) is 4.47. The summed E-state index contributed by atoms with van der Waals surface area (Å²) in [6.07, 6.45) is -0.00910. The van der Waals surface area contributed by atoms with Crippen LogP contribution in [0.1, 0.15) is 12.0 Å². The van der Waals surface area contributed by atoms with Gasteiger partial charge in [-0.1, -0.05) is 0 Å². The minimum atomic E-state index is -0.853. The number of halogens is 2. The van der Waals surface area contributed by atoms with Crippen molar-refractivity contribution in [3.8, 4) is 6.07 Å². The third kappa shape index (κ3) is 4.03. The lowest BCUT2D eigenvalue weighted by molar-refractivity contribution is -0.119. The molecule has 18 heavy (non-hydrogen) atoms. The van der Waals surface area contributed by atoms with Gasteiger partial charge < -0.3 is 5.32 Å². The highest BCUT2D eigenvalue weighted by molar-refractivity contribution is 6.19. The summed E-state index contributed by atoms with van der Waals surface area (Å²) >= 11 is 5.32. The highest BCUT2D eigenvalue weighted by Gasteiger charge is 2.10. The molecule has 0 saturated heterocycles. The Morgan fingerprint density at radius 3 is 2.72 bits per heavy atom. The Kier molecular flexibility index (Phi) is 5.08. The minimum Gasteiger partial charge on any atom is -0.305 e. The molecular formula is C11H9ClFN3O2. The highest BCUT2D eigenvalue weighted by atomic mass is 35.5. The molecule has 0 bridgehead atoms. The topological polar surface area (TPSA) is 82.0 Å². The van der Waals surface area contributed by atoms with Crippen LogP contribution in [0.3, 0.4) is 0 Å². The predicted octanol–water partition coefficient (Wildman–Crippen LogP) is 1.97. The Balaban J connectivity index is 2.65. The maximum absolute atomic E-state index is 13.4. The van der Waals surface area contributed by atoms with Crippen LogP contribution in [0.5, 0.6) is 0 Å². The lowest BCUT2D eigenvalue weighted by atomic mass is 10.2. The van der Waals surface area contributed by atoms with Crippen LogP contribution in [0.15, 0.2) is 18.2 Å². The van der Waals surface area contributed by atoms with E-state index in [1.54, 1.807) is 6.07 Å². The first-order valence-corrected chi connectivity index (χ1v) is 5.46. The quantitative estimate of drug-likeness (QED) is 0.823. The molecule has 0 aliphatic heterocycles. The number of imide groups is 1. The molecule has 94 valence electrons. The Bertz CT molecular complexity index is 514. The monoisotopic (exact) mass is 269 g/mol. The highest BCUT2D eigenvalue weighted by Crippen LogP contribution is 2.14. The van der Waals surface area contributed by atoms with E-state index in [1.807, 2.05) is 5.32 Å². The second kappa shape index (κ2) is 6.57. The summed E-state index contributed by atoms with van der Waals surface area (Å²) in [4.78, 5) is 22.3. The molecule has 5 nitrogen and oxygen atoms in total. The molecule has 1 rings (SSSR count). The van der Waals surface area contributed by atoms with E-state index in [0.29, 0.717) is 0 Å². The molecule has 0 aliphatic rings. The number of carbonyl (C=O) groups excluding carboxylic acids is 2. The lowest BCUT2D eigenvalue weighted by Gasteiger charge is -2.07. The molecule has 2 N–H and O–H groups in total. The third-order valence-corrected chi connectivity index (χ3v) is 2.11. The molecule has 0 aromatic heterocycles. The molecule has 3 amide bonds. The third-order valence-electron chi connectivity index (χ3n) is 1.92. The van der Waals surface area contributed by atoms with Crippen molar-refractivity contribution in [1.82, 2.24) is 5.32 Å². The van der Waals surface area contributed by atoms with Crippen molar-refractivity contribution < 1.29 is 14.0 Å². The van der Waals surface area contributed by atoms with Crippen molar-refractivity contribution in [3.63, 3.8) is 0 Å². The SMILES string of the molecule is N#Cc1ccc(NC(=O)NC(=O)CCCl)c(F)c1. The summed E-state index contributed by atoms with van der Waals surface area (Å²) < 4.78 is 13.4. The molecule has 0 spiro atoms. The van der Waals surface area contributed by atoms with Crippen molar-refractivity contribution in [2.45, 2.75) is 6.42 Å². The molecule has 0 saturated carbocycles. The van der Waals surface area contributed by atoms with Gasteiger partial charge in [-0.3, -0.25) is 10.1 Å². The number of anilines is 1. The molecule has 0 heterocycles. The van der Waals surface area contributed by atoms with Gasteiger partial charge in [0.2, 0.25) is 5.91 Å².